The molecule has 2 amide bonds. The maximum atomic E-state index is 12.4. The number of carbonyl (C=O) groups excluding carboxylic acids is 2. The largest absolute Gasteiger partial charge is 0.365 e. The number of nitrogens with zero attached hydrogens (tertiary/aromatic N) is 1. The van der Waals surface area contributed by atoms with Crippen molar-refractivity contribution in [3.63, 3.8) is 0 Å². The van der Waals surface area contributed by atoms with Crippen LogP contribution >= 0.6 is 0 Å². The van der Waals surface area contributed by atoms with Gasteiger partial charge in [0.05, 0.1) is 30.6 Å². The van der Waals surface area contributed by atoms with E-state index in [-0.39, 0.29) is 35.9 Å². The zero-order valence-corrected chi connectivity index (χ0v) is 10.1. The molecule has 2 fully saturated rings. The summed E-state index contributed by atoms with van der Waals surface area (Å²) >= 11 is 0. The minimum atomic E-state index is -0.318. The normalized spacial score (nSPS) is 34.8. The molecule has 1 aromatic rings. The minimum Gasteiger partial charge on any atom is -0.365 e. The maximum absolute atomic E-state index is 12.4. The molecule has 94 valence electrons. The molecule has 2 bridgehead atoms. The molecule has 3 aliphatic heterocycles. The molecule has 0 N–H and O–H groups in total. The second-order valence-corrected chi connectivity index (χ2v) is 5.11. The van der Waals surface area contributed by atoms with Gasteiger partial charge in [0.25, 0.3) is 0 Å². The first-order valence-corrected chi connectivity index (χ1v) is 6.31. The van der Waals surface area contributed by atoms with Gasteiger partial charge >= 0.3 is 0 Å². The SMILES string of the molecule is O=C1C2C3C=CC(O3)C2C(=O)N1Cc1cc#ccc1. The summed E-state index contributed by atoms with van der Waals surface area (Å²) in [6.45, 7) is 0.315. The highest BCUT2D eigenvalue weighted by atomic mass is 16.5. The van der Waals surface area contributed by atoms with Crippen LogP contribution in [-0.4, -0.2) is 28.9 Å². The van der Waals surface area contributed by atoms with Gasteiger partial charge in [-0.3, -0.25) is 14.5 Å². The molecule has 0 aliphatic carbocycles. The highest BCUT2D eigenvalue weighted by Crippen LogP contribution is 2.45. The fourth-order valence-corrected chi connectivity index (χ4v) is 3.18. The van der Waals surface area contributed by atoms with Gasteiger partial charge in [-0.25, -0.2) is 0 Å². The number of hydrogen-bond acceptors (Lipinski definition) is 3. The number of hydrogen-bond donors (Lipinski definition) is 0. The van der Waals surface area contributed by atoms with Crippen LogP contribution in [0.2, 0.25) is 0 Å². The average molecular weight is 253 g/mol. The molecule has 0 saturated carbocycles. The molecule has 0 spiro atoms. The lowest BCUT2D eigenvalue weighted by atomic mass is 9.85. The van der Waals surface area contributed by atoms with Gasteiger partial charge in [-0.15, -0.1) is 0 Å². The summed E-state index contributed by atoms with van der Waals surface area (Å²) in [7, 11) is 0. The number of carbonyl (C=O) groups is 2. The predicted octanol–water partition coefficient (Wildman–Crippen LogP) is 0.725. The summed E-state index contributed by atoms with van der Waals surface area (Å²) in [5.74, 6) is -0.858. The molecule has 2 saturated heterocycles. The van der Waals surface area contributed by atoms with Crippen molar-refractivity contribution in [2.75, 3.05) is 0 Å². The van der Waals surface area contributed by atoms with E-state index in [4.69, 9.17) is 4.74 Å². The van der Waals surface area contributed by atoms with Gasteiger partial charge in [-0.2, -0.15) is 0 Å². The van der Waals surface area contributed by atoms with Crippen LogP contribution in [0.15, 0.2) is 30.4 Å². The molecule has 3 aliphatic rings. The monoisotopic (exact) mass is 253 g/mol. The zero-order chi connectivity index (χ0) is 13.0. The summed E-state index contributed by atoms with van der Waals surface area (Å²) < 4.78 is 5.59. The number of fused-ring (bicyclic) bond motifs is 5. The van der Waals surface area contributed by atoms with E-state index in [9.17, 15) is 9.59 Å². The molecule has 1 aromatic carbocycles. The van der Waals surface area contributed by atoms with E-state index in [1.165, 1.54) is 4.90 Å². The van der Waals surface area contributed by atoms with Gasteiger partial charge in [0.1, 0.15) is 0 Å². The molecular weight excluding hydrogens is 242 g/mol. The van der Waals surface area contributed by atoms with E-state index in [1.807, 2.05) is 18.2 Å². The Hall–Kier alpha value is -2.12. The third-order valence-electron chi connectivity index (χ3n) is 4.06. The fourth-order valence-electron chi connectivity index (χ4n) is 3.18. The first-order chi connectivity index (χ1) is 9.25. The van der Waals surface area contributed by atoms with Crippen molar-refractivity contribution >= 4 is 11.8 Å². The molecule has 4 heteroatoms. The van der Waals surface area contributed by atoms with Gasteiger partial charge in [0.15, 0.2) is 0 Å². The second kappa shape index (κ2) is 3.69. The topological polar surface area (TPSA) is 46.6 Å². The Labute approximate surface area is 110 Å². The summed E-state index contributed by atoms with van der Waals surface area (Å²) in [4.78, 5) is 26.1. The van der Waals surface area contributed by atoms with Gasteiger partial charge in [-0.05, 0) is 23.8 Å². The van der Waals surface area contributed by atoms with Crippen LogP contribution in [0.4, 0.5) is 0 Å². The van der Waals surface area contributed by atoms with Crippen LogP contribution in [0.1, 0.15) is 5.56 Å². The van der Waals surface area contributed by atoms with Crippen LogP contribution in [-0.2, 0) is 20.9 Å². The molecule has 0 radical (unpaired) electrons. The maximum Gasteiger partial charge on any atom is 0.236 e. The molecule has 4 nitrogen and oxygen atoms in total. The third kappa shape index (κ3) is 1.39. The Morgan fingerprint density at radius 2 is 1.79 bits per heavy atom. The Kier molecular flexibility index (Phi) is 2.09. The average Bonchev–Trinajstić information content (AvgIpc) is 3.10. The number of imide groups is 1. The van der Waals surface area contributed by atoms with Gasteiger partial charge in [0.2, 0.25) is 11.8 Å². The quantitative estimate of drug-likeness (QED) is 0.576. The standard InChI is InChI=1S/C15H11NO3/c17-14-12-10-6-7-11(19-10)13(12)15(18)16(14)8-9-4-2-1-3-5-9/h2,4-7,10-13H,8H2. The van der Waals surface area contributed by atoms with Crippen LogP contribution in [0, 0.1) is 24.0 Å². The highest BCUT2D eigenvalue weighted by Gasteiger charge is 2.60. The Bertz CT molecular complexity index is 550. The highest BCUT2D eigenvalue weighted by molar-refractivity contribution is 6.06. The van der Waals surface area contributed by atoms with E-state index in [0.717, 1.165) is 5.56 Å². The Balaban J connectivity index is 1.62. The van der Waals surface area contributed by atoms with Crippen molar-refractivity contribution in [2.45, 2.75) is 18.8 Å². The minimum absolute atomic E-state index is 0.111. The van der Waals surface area contributed by atoms with E-state index >= 15 is 0 Å². The first kappa shape index (κ1) is 10.8. The number of ether oxygens (including phenoxy) is 1. The van der Waals surface area contributed by atoms with Crippen molar-refractivity contribution < 1.29 is 14.3 Å². The molecule has 3 heterocycles. The van der Waals surface area contributed by atoms with Crippen LogP contribution in [0.5, 0.6) is 0 Å². The number of rotatable bonds is 2. The molecule has 0 aromatic heterocycles. The van der Waals surface area contributed by atoms with Crippen molar-refractivity contribution in [2.24, 2.45) is 11.8 Å². The zero-order valence-electron chi connectivity index (χ0n) is 10.1. The smallest absolute Gasteiger partial charge is 0.236 e. The number of likely N-dealkylation sites (tertiary alicyclic amines) is 1. The summed E-state index contributed by atoms with van der Waals surface area (Å²) in [5.41, 5.74) is 0.890. The van der Waals surface area contributed by atoms with Crippen LogP contribution in [0.3, 0.4) is 0 Å². The summed E-state index contributed by atoms with van der Waals surface area (Å²) in [5, 5.41) is 0. The second-order valence-electron chi connectivity index (χ2n) is 5.11. The van der Waals surface area contributed by atoms with E-state index in [1.54, 1.807) is 12.1 Å². The van der Waals surface area contributed by atoms with Crippen molar-refractivity contribution in [1.29, 1.82) is 0 Å². The molecule has 19 heavy (non-hydrogen) atoms. The van der Waals surface area contributed by atoms with Crippen LogP contribution < -0.4 is 0 Å². The molecule has 4 rings (SSSR count). The molecule has 4 unspecified atom stereocenters. The molecule has 4 atom stereocenters. The Morgan fingerprint density at radius 1 is 1.11 bits per heavy atom. The summed E-state index contributed by atoms with van der Waals surface area (Å²) in [6.07, 6.45) is 3.36. The van der Waals surface area contributed by atoms with Crippen molar-refractivity contribution in [3.05, 3.63) is 48.0 Å². The van der Waals surface area contributed by atoms with Crippen LogP contribution in [0.25, 0.3) is 0 Å². The fraction of sp³-hybridized carbons (Fsp3) is 0.333. The van der Waals surface area contributed by atoms with E-state index < -0.39 is 0 Å². The Morgan fingerprint density at radius 3 is 2.37 bits per heavy atom. The lowest BCUT2D eigenvalue weighted by molar-refractivity contribution is -0.143. The van der Waals surface area contributed by atoms with Gasteiger partial charge in [-0.1, -0.05) is 24.3 Å². The number of amides is 2. The van der Waals surface area contributed by atoms with Gasteiger partial charge in [0, 0.05) is 0 Å². The third-order valence-corrected chi connectivity index (χ3v) is 4.06. The lowest BCUT2D eigenvalue weighted by Crippen LogP contribution is -2.33. The van der Waals surface area contributed by atoms with Crippen molar-refractivity contribution in [1.82, 2.24) is 4.90 Å². The lowest BCUT2D eigenvalue weighted by Gasteiger charge is -2.17. The van der Waals surface area contributed by atoms with E-state index in [2.05, 4.69) is 12.1 Å². The van der Waals surface area contributed by atoms with E-state index in [0.29, 0.717) is 6.54 Å². The van der Waals surface area contributed by atoms with Crippen molar-refractivity contribution in [3.8, 4) is 0 Å². The predicted molar refractivity (Wildman–Crippen MR) is 64.5 cm³/mol. The van der Waals surface area contributed by atoms with Gasteiger partial charge < -0.3 is 4.74 Å². The summed E-state index contributed by atoms with van der Waals surface area (Å²) in [6, 6.07) is 11.0. The first-order valence-electron chi connectivity index (χ1n) is 6.31. The molecular formula is C15H11NO3.